The number of methoxy groups -OCH3 is 1. The van der Waals surface area contributed by atoms with Crippen molar-refractivity contribution in [2.75, 3.05) is 17.1 Å². The lowest BCUT2D eigenvalue weighted by Crippen LogP contribution is -2.13. The zero-order valence-corrected chi connectivity index (χ0v) is 18.7. The average Bonchev–Trinajstić information content (AvgIpc) is 2.84. The molecule has 0 spiro atoms. The number of sulfonamides is 1. The number of nitro groups is 1. The lowest BCUT2D eigenvalue weighted by molar-refractivity contribution is -0.384. The molecule has 4 aromatic rings. The fraction of sp³-hybridized carbons (Fsp3) is 0.0435. The fourth-order valence-electron chi connectivity index (χ4n) is 3.16. The first-order valence-electron chi connectivity index (χ1n) is 9.95. The van der Waals surface area contributed by atoms with Crippen LogP contribution in [0.25, 0.3) is 11.3 Å². The molecule has 0 saturated carbocycles. The van der Waals surface area contributed by atoms with Crippen molar-refractivity contribution in [3.05, 3.63) is 95.3 Å². The summed E-state index contributed by atoms with van der Waals surface area (Å²) in [6.45, 7) is 0. The molecule has 1 heterocycles. The van der Waals surface area contributed by atoms with Gasteiger partial charge in [-0.3, -0.25) is 14.8 Å². The van der Waals surface area contributed by atoms with Crippen LogP contribution in [0.15, 0.2) is 90.1 Å². The number of ether oxygens (including phenoxy) is 1. The molecule has 0 atom stereocenters. The Morgan fingerprint density at radius 2 is 1.71 bits per heavy atom. The smallest absolute Gasteiger partial charge is 0.269 e. The topological polar surface area (TPSA) is 136 Å². The third kappa shape index (κ3) is 5.10. The van der Waals surface area contributed by atoms with Crippen LogP contribution in [-0.2, 0) is 10.0 Å². The van der Waals surface area contributed by atoms with Gasteiger partial charge in [-0.1, -0.05) is 18.2 Å². The molecule has 0 radical (unpaired) electrons. The van der Waals surface area contributed by atoms with Gasteiger partial charge in [0, 0.05) is 29.4 Å². The number of para-hydroxylation sites is 2. The Morgan fingerprint density at radius 3 is 2.44 bits per heavy atom. The van der Waals surface area contributed by atoms with Crippen molar-refractivity contribution in [1.82, 2.24) is 9.97 Å². The van der Waals surface area contributed by atoms with Crippen LogP contribution in [0.1, 0.15) is 0 Å². The minimum absolute atomic E-state index is 0.0177. The van der Waals surface area contributed by atoms with Crippen LogP contribution in [0.3, 0.4) is 0 Å². The number of hydrogen-bond donors (Lipinski definition) is 2. The Hall–Kier alpha value is -4.51. The van der Waals surface area contributed by atoms with Gasteiger partial charge in [0.05, 0.1) is 28.3 Å². The first-order valence-corrected chi connectivity index (χ1v) is 11.4. The van der Waals surface area contributed by atoms with E-state index in [-0.39, 0.29) is 10.6 Å². The highest BCUT2D eigenvalue weighted by molar-refractivity contribution is 7.92. The van der Waals surface area contributed by atoms with E-state index in [4.69, 9.17) is 4.74 Å². The molecule has 0 aliphatic heterocycles. The molecule has 0 unspecified atom stereocenters. The van der Waals surface area contributed by atoms with Crippen LogP contribution in [-0.4, -0.2) is 30.4 Å². The normalized spacial score (nSPS) is 11.0. The summed E-state index contributed by atoms with van der Waals surface area (Å²) in [5, 5.41) is 13.9. The van der Waals surface area contributed by atoms with Crippen LogP contribution in [0, 0.1) is 10.1 Å². The zero-order chi connectivity index (χ0) is 24.1. The largest absolute Gasteiger partial charge is 0.495 e. The number of anilines is 3. The molecule has 0 aliphatic carbocycles. The molecule has 1 aromatic heterocycles. The summed E-state index contributed by atoms with van der Waals surface area (Å²) in [5.74, 6) is 0.829. The van der Waals surface area contributed by atoms with E-state index in [1.165, 1.54) is 37.7 Å². The number of nitrogens with one attached hydrogen (secondary N) is 2. The third-order valence-corrected chi connectivity index (χ3v) is 6.17. The van der Waals surface area contributed by atoms with Crippen LogP contribution in [0.2, 0.25) is 0 Å². The zero-order valence-electron chi connectivity index (χ0n) is 17.9. The highest BCUT2D eigenvalue weighted by Gasteiger charge is 2.17. The van der Waals surface area contributed by atoms with Crippen molar-refractivity contribution < 1.29 is 18.1 Å². The van der Waals surface area contributed by atoms with Crippen molar-refractivity contribution >= 4 is 32.9 Å². The highest BCUT2D eigenvalue weighted by atomic mass is 32.2. The number of non-ortho nitro benzene ring substituents is 1. The Morgan fingerprint density at radius 1 is 0.941 bits per heavy atom. The number of nitrogens with zero attached hydrogens (tertiary/aromatic N) is 3. The SMILES string of the molecule is COc1ccccc1NS(=O)(=O)c1cccc(Nc2cc(-c3ccc([N+](=O)[O-])cc3)ncn2)c1. The second-order valence-corrected chi connectivity index (χ2v) is 8.73. The monoisotopic (exact) mass is 477 g/mol. The van der Waals surface area contributed by atoms with Gasteiger partial charge in [-0.25, -0.2) is 18.4 Å². The molecule has 0 amide bonds. The Bertz CT molecular complexity index is 1440. The molecular weight excluding hydrogens is 458 g/mol. The van der Waals surface area contributed by atoms with Crippen LogP contribution < -0.4 is 14.8 Å². The predicted octanol–water partition coefficient (Wildman–Crippen LogP) is 4.60. The highest BCUT2D eigenvalue weighted by Crippen LogP contribution is 2.28. The van der Waals surface area contributed by atoms with Gasteiger partial charge >= 0.3 is 0 Å². The minimum Gasteiger partial charge on any atom is -0.495 e. The van der Waals surface area contributed by atoms with Gasteiger partial charge in [-0.05, 0) is 42.5 Å². The van der Waals surface area contributed by atoms with Crippen LogP contribution in [0.5, 0.6) is 5.75 Å². The molecule has 3 aromatic carbocycles. The molecule has 34 heavy (non-hydrogen) atoms. The molecule has 172 valence electrons. The van der Waals surface area contributed by atoms with Gasteiger partial charge < -0.3 is 10.1 Å². The fourth-order valence-corrected chi connectivity index (χ4v) is 4.27. The van der Waals surface area contributed by atoms with Crippen molar-refractivity contribution in [2.45, 2.75) is 4.90 Å². The molecule has 11 heteroatoms. The lowest BCUT2D eigenvalue weighted by atomic mass is 10.1. The van der Waals surface area contributed by atoms with Crippen molar-refractivity contribution in [3.8, 4) is 17.0 Å². The molecule has 0 fully saturated rings. The minimum atomic E-state index is -3.88. The molecule has 0 bridgehead atoms. The second-order valence-electron chi connectivity index (χ2n) is 7.05. The maximum atomic E-state index is 12.9. The summed E-state index contributed by atoms with van der Waals surface area (Å²) >= 11 is 0. The van der Waals surface area contributed by atoms with Crippen molar-refractivity contribution in [2.24, 2.45) is 0 Å². The molecular formula is C23H19N5O5S. The number of benzene rings is 3. The second kappa shape index (κ2) is 9.55. The summed E-state index contributed by atoms with van der Waals surface area (Å²) in [6, 6.07) is 20.6. The van der Waals surface area contributed by atoms with Gasteiger partial charge in [-0.15, -0.1) is 0 Å². The molecule has 0 aliphatic rings. The summed E-state index contributed by atoms with van der Waals surface area (Å²) in [5.41, 5.74) is 2.03. The summed E-state index contributed by atoms with van der Waals surface area (Å²) in [7, 11) is -2.42. The number of nitro benzene ring substituents is 1. The van der Waals surface area contributed by atoms with Crippen LogP contribution >= 0.6 is 0 Å². The number of hydrogen-bond acceptors (Lipinski definition) is 8. The maximum absolute atomic E-state index is 12.9. The van der Waals surface area contributed by atoms with Crippen LogP contribution in [0.4, 0.5) is 22.9 Å². The quantitative estimate of drug-likeness (QED) is 0.277. The van der Waals surface area contributed by atoms with Gasteiger partial charge in [0.25, 0.3) is 15.7 Å². The van der Waals surface area contributed by atoms with Gasteiger partial charge in [0.2, 0.25) is 0 Å². The molecule has 0 saturated heterocycles. The summed E-state index contributed by atoms with van der Waals surface area (Å²) < 4.78 is 33.6. The number of rotatable bonds is 8. The standard InChI is InChI=1S/C23H19N5O5S/c1-33-22-8-3-2-7-20(22)27-34(31,32)19-6-4-5-17(13-19)26-23-14-21(24-15-25-23)16-9-11-18(12-10-16)28(29)30/h2-15,27H,1H3,(H,24,25,26). The Balaban J connectivity index is 1.56. The van der Waals surface area contributed by atoms with E-state index in [0.717, 1.165) is 0 Å². The van der Waals surface area contributed by atoms with E-state index in [1.54, 1.807) is 54.6 Å². The first-order chi connectivity index (χ1) is 16.4. The van der Waals surface area contributed by atoms with E-state index >= 15 is 0 Å². The first kappa shape index (κ1) is 22.7. The maximum Gasteiger partial charge on any atom is 0.269 e. The van der Waals surface area contributed by atoms with E-state index in [0.29, 0.717) is 34.2 Å². The Labute approximate surface area is 195 Å². The average molecular weight is 478 g/mol. The van der Waals surface area contributed by atoms with E-state index in [2.05, 4.69) is 20.0 Å². The third-order valence-electron chi connectivity index (χ3n) is 4.81. The van der Waals surface area contributed by atoms with E-state index in [9.17, 15) is 18.5 Å². The van der Waals surface area contributed by atoms with E-state index < -0.39 is 14.9 Å². The van der Waals surface area contributed by atoms with Crippen molar-refractivity contribution in [1.29, 1.82) is 0 Å². The van der Waals surface area contributed by atoms with Gasteiger partial charge in [0.15, 0.2) is 0 Å². The molecule has 4 rings (SSSR count). The predicted molar refractivity (Wildman–Crippen MR) is 128 cm³/mol. The Kier molecular flexibility index (Phi) is 6.37. The molecule has 10 nitrogen and oxygen atoms in total. The van der Waals surface area contributed by atoms with Gasteiger partial charge in [-0.2, -0.15) is 0 Å². The summed E-state index contributed by atoms with van der Waals surface area (Å²) in [6.07, 6.45) is 1.35. The lowest BCUT2D eigenvalue weighted by Gasteiger charge is -2.13. The molecule has 2 N–H and O–H groups in total. The van der Waals surface area contributed by atoms with Crippen molar-refractivity contribution in [3.63, 3.8) is 0 Å². The summed E-state index contributed by atoms with van der Waals surface area (Å²) in [4.78, 5) is 18.8. The van der Waals surface area contributed by atoms with Gasteiger partial charge in [0.1, 0.15) is 17.9 Å². The number of aromatic nitrogens is 2. The van der Waals surface area contributed by atoms with E-state index in [1.807, 2.05) is 0 Å².